The lowest BCUT2D eigenvalue weighted by molar-refractivity contribution is 0.0697. The zero-order chi connectivity index (χ0) is 13.0. The van der Waals surface area contributed by atoms with E-state index in [4.69, 9.17) is 9.84 Å². The van der Waals surface area contributed by atoms with Gasteiger partial charge in [0.05, 0.1) is 27.4 Å². The number of carboxylic acids is 1. The number of hydrogen-bond acceptors (Lipinski definition) is 4. The Balaban J connectivity index is 2.09. The molecule has 0 aliphatic carbocycles. The summed E-state index contributed by atoms with van der Waals surface area (Å²) in [5, 5.41) is 9.91. The molecule has 0 saturated heterocycles. The van der Waals surface area contributed by atoms with Crippen LogP contribution in [-0.4, -0.2) is 29.3 Å². The lowest BCUT2D eigenvalue weighted by Gasteiger charge is -1.98. The minimum atomic E-state index is -0.905. The third kappa shape index (κ3) is 3.05. The average molecular weight is 265 g/mol. The molecule has 5 heteroatoms. The van der Waals surface area contributed by atoms with Crippen molar-refractivity contribution in [3.8, 4) is 0 Å². The van der Waals surface area contributed by atoms with Gasteiger partial charge in [-0.2, -0.15) is 0 Å². The molecule has 0 aliphatic heterocycles. The molecule has 0 aliphatic rings. The molecule has 2 aromatic rings. The van der Waals surface area contributed by atoms with Crippen LogP contribution >= 0.6 is 11.3 Å². The van der Waals surface area contributed by atoms with Crippen LogP contribution in [0.5, 0.6) is 0 Å². The molecule has 1 aromatic carbocycles. The number of aromatic carboxylic acids is 1. The SMILES string of the molecule is CCCOCCc1nc2ccc(C(=O)O)cc2s1. The van der Waals surface area contributed by atoms with Gasteiger partial charge in [-0.15, -0.1) is 11.3 Å². The van der Waals surface area contributed by atoms with Crippen molar-refractivity contribution >= 4 is 27.5 Å². The monoisotopic (exact) mass is 265 g/mol. The number of ether oxygens (including phenoxy) is 1. The van der Waals surface area contributed by atoms with Crippen LogP contribution in [0.4, 0.5) is 0 Å². The van der Waals surface area contributed by atoms with Crippen LogP contribution in [-0.2, 0) is 11.2 Å². The quantitative estimate of drug-likeness (QED) is 0.816. The molecular formula is C13H15NO3S. The highest BCUT2D eigenvalue weighted by Crippen LogP contribution is 2.23. The lowest BCUT2D eigenvalue weighted by atomic mass is 10.2. The predicted octanol–water partition coefficient (Wildman–Crippen LogP) is 2.96. The Labute approximate surface area is 109 Å². The van der Waals surface area contributed by atoms with Crippen LogP contribution in [0, 0.1) is 0 Å². The Kier molecular flexibility index (Phi) is 4.28. The Morgan fingerprint density at radius 1 is 1.44 bits per heavy atom. The second kappa shape index (κ2) is 5.93. The van der Waals surface area contributed by atoms with E-state index in [1.807, 2.05) is 0 Å². The Bertz CT molecular complexity index is 550. The fourth-order valence-electron chi connectivity index (χ4n) is 1.62. The summed E-state index contributed by atoms with van der Waals surface area (Å²) in [6.07, 6.45) is 1.80. The molecule has 2 rings (SSSR count). The van der Waals surface area contributed by atoms with E-state index in [9.17, 15) is 4.79 Å². The number of hydrogen-bond donors (Lipinski definition) is 1. The number of fused-ring (bicyclic) bond motifs is 1. The maximum Gasteiger partial charge on any atom is 0.335 e. The molecule has 1 N–H and O–H groups in total. The summed E-state index contributed by atoms with van der Waals surface area (Å²) in [4.78, 5) is 15.3. The number of rotatable bonds is 6. The highest BCUT2D eigenvalue weighted by molar-refractivity contribution is 7.18. The molecule has 4 nitrogen and oxygen atoms in total. The summed E-state index contributed by atoms with van der Waals surface area (Å²) in [7, 11) is 0. The van der Waals surface area contributed by atoms with Crippen molar-refractivity contribution in [2.75, 3.05) is 13.2 Å². The van der Waals surface area contributed by atoms with Crippen molar-refractivity contribution in [3.05, 3.63) is 28.8 Å². The van der Waals surface area contributed by atoms with Gasteiger partial charge >= 0.3 is 5.97 Å². The molecule has 0 bridgehead atoms. The molecule has 0 saturated carbocycles. The van der Waals surface area contributed by atoms with E-state index in [0.717, 1.165) is 34.7 Å². The molecule has 96 valence electrons. The minimum Gasteiger partial charge on any atom is -0.478 e. The topological polar surface area (TPSA) is 59.4 Å². The zero-order valence-electron chi connectivity index (χ0n) is 10.2. The van der Waals surface area contributed by atoms with Crippen molar-refractivity contribution in [2.45, 2.75) is 19.8 Å². The predicted molar refractivity (Wildman–Crippen MR) is 71.4 cm³/mol. The summed E-state index contributed by atoms with van der Waals surface area (Å²) in [5.74, 6) is -0.905. The van der Waals surface area contributed by atoms with Gasteiger partial charge < -0.3 is 9.84 Å². The molecular weight excluding hydrogens is 250 g/mol. The van der Waals surface area contributed by atoms with Crippen LogP contribution < -0.4 is 0 Å². The van der Waals surface area contributed by atoms with Crippen LogP contribution in [0.15, 0.2) is 18.2 Å². The van der Waals surface area contributed by atoms with Crippen LogP contribution in [0.1, 0.15) is 28.7 Å². The Hall–Kier alpha value is -1.46. The number of nitrogens with zero attached hydrogens (tertiary/aromatic N) is 1. The molecule has 0 unspecified atom stereocenters. The van der Waals surface area contributed by atoms with Gasteiger partial charge in [0.2, 0.25) is 0 Å². The van der Waals surface area contributed by atoms with Gasteiger partial charge in [0.25, 0.3) is 0 Å². The van der Waals surface area contributed by atoms with Crippen LogP contribution in [0.3, 0.4) is 0 Å². The van der Waals surface area contributed by atoms with Crippen molar-refractivity contribution < 1.29 is 14.6 Å². The third-order valence-corrected chi connectivity index (χ3v) is 3.57. The van der Waals surface area contributed by atoms with E-state index < -0.39 is 5.97 Å². The Morgan fingerprint density at radius 3 is 3.00 bits per heavy atom. The van der Waals surface area contributed by atoms with Gasteiger partial charge in [-0.1, -0.05) is 6.92 Å². The summed E-state index contributed by atoms with van der Waals surface area (Å²) in [6.45, 7) is 3.51. The first-order chi connectivity index (χ1) is 8.70. The maximum absolute atomic E-state index is 10.9. The van der Waals surface area contributed by atoms with E-state index in [0.29, 0.717) is 12.2 Å². The fraction of sp³-hybridized carbons (Fsp3) is 0.385. The number of thiazole rings is 1. The minimum absolute atomic E-state index is 0.305. The van der Waals surface area contributed by atoms with Gasteiger partial charge in [0, 0.05) is 13.0 Å². The molecule has 0 fully saturated rings. The van der Waals surface area contributed by atoms with Gasteiger partial charge in [-0.05, 0) is 24.6 Å². The largest absolute Gasteiger partial charge is 0.478 e. The van der Waals surface area contributed by atoms with Crippen molar-refractivity contribution in [1.29, 1.82) is 0 Å². The first kappa shape index (κ1) is 13.0. The van der Waals surface area contributed by atoms with E-state index in [-0.39, 0.29) is 0 Å². The van der Waals surface area contributed by atoms with Gasteiger partial charge in [-0.25, -0.2) is 9.78 Å². The second-order valence-electron chi connectivity index (χ2n) is 3.96. The summed E-state index contributed by atoms with van der Waals surface area (Å²) in [5.41, 5.74) is 1.16. The maximum atomic E-state index is 10.9. The number of aromatic nitrogens is 1. The van der Waals surface area contributed by atoms with E-state index in [1.165, 1.54) is 11.3 Å². The van der Waals surface area contributed by atoms with Gasteiger partial charge in [-0.3, -0.25) is 0 Å². The van der Waals surface area contributed by atoms with Crippen LogP contribution in [0.25, 0.3) is 10.2 Å². The van der Waals surface area contributed by atoms with Crippen molar-refractivity contribution in [2.24, 2.45) is 0 Å². The fourth-order valence-corrected chi connectivity index (χ4v) is 2.61. The zero-order valence-corrected chi connectivity index (χ0v) is 11.0. The summed E-state index contributed by atoms with van der Waals surface area (Å²) >= 11 is 1.53. The molecule has 0 radical (unpaired) electrons. The van der Waals surface area contributed by atoms with Crippen molar-refractivity contribution in [3.63, 3.8) is 0 Å². The molecule has 0 amide bonds. The highest BCUT2D eigenvalue weighted by Gasteiger charge is 2.08. The molecule has 1 aromatic heterocycles. The third-order valence-electron chi connectivity index (χ3n) is 2.49. The standard InChI is InChI=1S/C13H15NO3S/c1-2-6-17-7-5-12-14-10-4-3-9(13(15)16)8-11(10)18-12/h3-4,8H,2,5-7H2,1H3,(H,15,16). The van der Waals surface area contributed by atoms with Gasteiger partial charge in [0.15, 0.2) is 0 Å². The smallest absolute Gasteiger partial charge is 0.335 e. The number of carbonyl (C=O) groups is 1. The van der Waals surface area contributed by atoms with E-state index in [2.05, 4.69) is 11.9 Å². The molecule has 18 heavy (non-hydrogen) atoms. The van der Waals surface area contributed by atoms with Crippen molar-refractivity contribution in [1.82, 2.24) is 4.98 Å². The summed E-state index contributed by atoms with van der Waals surface area (Å²) in [6, 6.07) is 5.01. The molecule has 0 atom stereocenters. The highest BCUT2D eigenvalue weighted by atomic mass is 32.1. The molecule has 1 heterocycles. The average Bonchev–Trinajstić information content (AvgIpc) is 2.76. The number of benzene rings is 1. The Morgan fingerprint density at radius 2 is 2.28 bits per heavy atom. The normalized spacial score (nSPS) is 10.9. The van der Waals surface area contributed by atoms with E-state index >= 15 is 0 Å². The van der Waals surface area contributed by atoms with E-state index in [1.54, 1.807) is 18.2 Å². The molecule has 0 spiro atoms. The first-order valence-corrected chi connectivity index (χ1v) is 6.73. The lowest BCUT2D eigenvalue weighted by Crippen LogP contribution is -1.98. The van der Waals surface area contributed by atoms with Gasteiger partial charge in [0.1, 0.15) is 0 Å². The number of carboxylic acid groups (broad SMARTS) is 1. The second-order valence-corrected chi connectivity index (χ2v) is 5.07. The summed E-state index contributed by atoms with van der Waals surface area (Å²) < 4.78 is 6.33. The van der Waals surface area contributed by atoms with Crippen LogP contribution in [0.2, 0.25) is 0 Å². The first-order valence-electron chi connectivity index (χ1n) is 5.91.